The summed E-state index contributed by atoms with van der Waals surface area (Å²) in [4.78, 5) is 0. The maximum Gasteiger partial charge on any atom is 0.186 e. The summed E-state index contributed by atoms with van der Waals surface area (Å²) in [5.74, 6) is 0.149. The molecule has 0 radical (unpaired) electrons. The molecule has 2 unspecified atom stereocenters. The van der Waals surface area contributed by atoms with Gasteiger partial charge in [0.1, 0.15) is 36.4 Å². The van der Waals surface area contributed by atoms with Gasteiger partial charge in [0.2, 0.25) is 0 Å². The van der Waals surface area contributed by atoms with E-state index in [0.29, 0.717) is 13.2 Å². The highest BCUT2D eigenvalue weighted by Gasteiger charge is 2.55. The maximum atomic E-state index is 5.99. The van der Waals surface area contributed by atoms with Gasteiger partial charge in [-0.2, -0.15) is 0 Å². The van der Waals surface area contributed by atoms with Gasteiger partial charge in [0.15, 0.2) is 12.1 Å². The number of ether oxygens (including phenoxy) is 5. The van der Waals surface area contributed by atoms with Crippen molar-refractivity contribution in [2.24, 2.45) is 0 Å². The zero-order valence-electron chi connectivity index (χ0n) is 15.1. The molecule has 2 aromatic rings. The van der Waals surface area contributed by atoms with E-state index in [0.717, 1.165) is 11.4 Å². The molecule has 0 amide bonds. The molecule has 0 spiro atoms. The molecule has 2 saturated heterocycles. The Morgan fingerprint density at radius 2 is 1.92 bits per heavy atom. The van der Waals surface area contributed by atoms with Crippen molar-refractivity contribution < 1.29 is 23.7 Å². The fourth-order valence-electron chi connectivity index (χ4n) is 3.33. The third-order valence-electron chi connectivity index (χ3n) is 4.42. The van der Waals surface area contributed by atoms with Crippen LogP contribution in [0, 0.1) is 0 Å². The number of benzene rings is 1. The van der Waals surface area contributed by atoms with Crippen LogP contribution < -0.4 is 4.74 Å². The molecule has 2 aliphatic heterocycles. The first-order valence-electron chi connectivity index (χ1n) is 8.65. The van der Waals surface area contributed by atoms with Gasteiger partial charge in [-0.05, 0) is 26.0 Å². The van der Waals surface area contributed by atoms with Crippen LogP contribution in [0.5, 0.6) is 5.75 Å². The monoisotopic (exact) mass is 361 g/mol. The van der Waals surface area contributed by atoms with E-state index in [4.69, 9.17) is 23.7 Å². The van der Waals surface area contributed by atoms with Crippen LogP contribution in [-0.2, 0) is 32.1 Å². The van der Waals surface area contributed by atoms with Gasteiger partial charge in [0.05, 0.1) is 12.7 Å². The number of methoxy groups -OCH3 is 1. The Kier molecular flexibility index (Phi) is 4.66. The Hall–Kier alpha value is -2.00. The molecule has 3 heterocycles. The summed E-state index contributed by atoms with van der Waals surface area (Å²) in [5.41, 5.74) is 0.746. The number of para-hydroxylation sites is 1. The average molecular weight is 361 g/mol. The molecule has 8 heteroatoms. The van der Waals surface area contributed by atoms with Crippen molar-refractivity contribution in [1.29, 1.82) is 0 Å². The van der Waals surface area contributed by atoms with Crippen molar-refractivity contribution in [2.45, 2.75) is 57.4 Å². The van der Waals surface area contributed by atoms with Gasteiger partial charge < -0.3 is 23.7 Å². The summed E-state index contributed by atoms with van der Waals surface area (Å²) in [6, 6.07) is 9.61. The lowest BCUT2D eigenvalue weighted by Gasteiger charge is -2.23. The molecule has 4 rings (SSSR count). The molecule has 1 aromatic carbocycles. The van der Waals surface area contributed by atoms with Crippen LogP contribution in [0.25, 0.3) is 0 Å². The van der Waals surface area contributed by atoms with Crippen molar-refractivity contribution >= 4 is 0 Å². The van der Waals surface area contributed by atoms with Gasteiger partial charge in [-0.1, -0.05) is 23.4 Å². The molecule has 4 atom stereocenters. The van der Waals surface area contributed by atoms with Crippen molar-refractivity contribution in [3.63, 3.8) is 0 Å². The highest BCUT2D eigenvalue weighted by Crippen LogP contribution is 2.39. The largest absolute Gasteiger partial charge is 0.487 e. The van der Waals surface area contributed by atoms with E-state index in [1.807, 2.05) is 50.4 Å². The second kappa shape index (κ2) is 6.96. The zero-order valence-corrected chi connectivity index (χ0v) is 15.1. The molecule has 140 valence electrons. The van der Waals surface area contributed by atoms with Crippen molar-refractivity contribution in [2.75, 3.05) is 7.11 Å². The molecule has 1 aromatic heterocycles. The smallest absolute Gasteiger partial charge is 0.186 e. The maximum absolute atomic E-state index is 5.99. The van der Waals surface area contributed by atoms with Crippen LogP contribution in [0.1, 0.15) is 19.5 Å². The van der Waals surface area contributed by atoms with E-state index in [1.54, 1.807) is 11.8 Å². The number of fused-ring (bicyclic) bond motifs is 1. The molecule has 0 saturated carbocycles. The standard InChI is InChI=1S/C18H23N3O5/c1-18(2)25-15-14(24-17(22-3)16(15)26-18)10-21-9-12(19-20-21)11-23-13-7-5-4-6-8-13/h4-9,14-17H,10-11H2,1-3H3/t14-,15?,16?,17-/m1/s1. The Morgan fingerprint density at radius 3 is 2.69 bits per heavy atom. The van der Waals surface area contributed by atoms with Crippen LogP contribution in [0.4, 0.5) is 0 Å². The molecule has 0 bridgehead atoms. The van der Waals surface area contributed by atoms with E-state index >= 15 is 0 Å². The lowest BCUT2D eigenvalue weighted by atomic mass is 10.1. The molecular weight excluding hydrogens is 338 g/mol. The lowest BCUT2D eigenvalue weighted by Crippen LogP contribution is -2.33. The Bertz CT molecular complexity index is 735. The highest BCUT2D eigenvalue weighted by atomic mass is 16.8. The number of hydrogen-bond acceptors (Lipinski definition) is 7. The van der Waals surface area contributed by atoms with Gasteiger partial charge in [-0.25, -0.2) is 4.68 Å². The fraction of sp³-hybridized carbons (Fsp3) is 0.556. The van der Waals surface area contributed by atoms with Gasteiger partial charge in [0.25, 0.3) is 0 Å². The van der Waals surface area contributed by atoms with Crippen LogP contribution in [0.3, 0.4) is 0 Å². The lowest BCUT2D eigenvalue weighted by molar-refractivity contribution is -0.228. The minimum atomic E-state index is -0.648. The summed E-state index contributed by atoms with van der Waals surface area (Å²) in [6.45, 7) is 4.64. The van der Waals surface area contributed by atoms with Crippen molar-refractivity contribution in [3.8, 4) is 5.75 Å². The van der Waals surface area contributed by atoms with Gasteiger partial charge >= 0.3 is 0 Å². The number of nitrogens with zero attached hydrogens (tertiary/aromatic N) is 3. The minimum Gasteiger partial charge on any atom is -0.487 e. The van der Waals surface area contributed by atoms with Crippen LogP contribution in [0.15, 0.2) is 36.5 Å². The predicted molar refractivity (Wildman–Crippen MR) is 90.3 cm³/mol. The average Bonchev–Trinajstić information content (AvgIpc) is 3.28. The van der Waals surface area contributed by atoms with E-state index in [1.165, 1.54) is 0 Å². The summed E-state index contributed by atoms with van der Waals surface area (Å²) in [6.07, 6.45) is 0.725. The summed E-state index contributed by atoms with van der Waals surface area (Å²) in [7, 11) is 1.60. The Balaban J connectivity index is 1.38. The van der Waals surface area contributed by atoms with Crippen molar-refractivity contribution in [1.82, 2.24) is 15.0 Å². The minimum absolute atomic E-state index is 0.205. The third kappa shape index (κ3) is 3.59. The first-order valence-corrected chi connectivity index (χ1v) is 8.65. The quantitative estimate of drug-likeness (QED) is 0.776. The van der Waals surface area contributed by atoms with Gasteiger partial charge in [-0.3, -0.25) is 0 Å². The van der Waals surface area contributed by atoms with E-state index < -0.39 is 12.1 Å². The third-order valence-corrected chi connectivity index (χ3v) is 4.42. The Morgan fingerprint density at radius 1 is 1.15 bits per heavy atom. The molecule has 2 fully saturated rings. The second-order valence-corrected chi connectivity index (χ2v) is 6.88. The Labute approximate surface area is 151 Å². The normalized spacial score (nSPS) is 29.7. The summed E-state index contributed by atoms with van der Waals surface area (Å²) >= 11 is 0. The first kappa shape index (κ1) is 17.4. The van der Waals surface area contributed by atoms with E-state index in [-0.39, 0.29) is 18.3 Å². The molecule has 8 nitrogen and oxygen atoms in total. The fourth-order valence-corrected chi connectivity index (χ4v) is 3.33. The van der Waals surface area contributed by atoms with E-state index in [9.17, 15) is 0 Å². The second-order valence-electron chi connectivity index (χ2n) is 6.88. The zero-order chi connectivity index (χ0) is 18.1. The highest BCUT2D eigenvalue weighted by molar-refractivity contribution is 5.21. The number of rotatable bonds is 6. The molecular formula is C18H23N3O5. The number of aromatic nitrogens is 3. The molecule has 0 aliphatic carbocycles. The SMILES string of the molecule is CO[C@@H]1O[C@H](Cn2cc(COc3ccccc3)nn2)C2OC(C)(C)OC21. The topological polar surface area (TPSA) is 76.9 Å². The molecule has 26 heavy (non-hydrogen) atoms. The predicted octanol–water partition coefficient (Wildman–Crippen LogP) is 1.75. The van der Waals surface area contributed by atoms with Crippen LogP contribution in [0.2, 0.25) is 0 Å². The summed E-state index contributed by atoms with van der Waals surface area (Å²) in [5, 5.41) is 8.32. The van der Waals surface area contributed by atoms with E-state index in [2.05, 4.69) is 10.3 Å². The van der Waals surface area contributed by atoms with Crippen LogP contribution >= 0.6 is 0 Å². The van der Waals surface area contributed by atoms with Crippen molar-refractivity contribution in [3.05, 3.63) is 42.2 Å². The summed E-state index contributed by atoms with van der Waals surface area (Å²) < 4.78 is 30.6. The first-order chi connectivity index (χ1) is 12.5. The van der Waals surface area contributed by atoms with Gasteiger partial charge in [-0.15, -0.1) is 5.10 Å². The molecule has 2 aliphatic rings. The van der Waals surface area contributed by atoms with Gasteiger partial charge in [0, 0.05) is 7.11 Å². The number of hydrogen-bond donors (Lipinski definition) is 0. The molecule has 0 N–H and O–H groups in total. The van der Waals surface area contributed by atoms with Crippen LogP contribution in [-0.4, -0.2) is 52.5 Å².